The van der Waals surface area contributed by atoms with E-state index in [0.717, 1.165) is 13.1 Å². The number of likely N-dealkylation sites (tertiary alicyclic amines) is 1. The van der Waals surface area contributed by atoms with Crippen molar-refractivity contribution in [2.45, 2.75) is 26.7 Å². The highest BCUT2D eigenvalue weighted by Crippen LogP contribution is 2.40. The van der Waals surface area contributed by atoms with Gasteiger partial charge in [0.05, 0.1) is 26.9 Å². The Hall–Kier alpha value is -2.44. The lowest BCUT2D eigenvalue weighted by molar-refractivity contribution is -0.136. The Bertz CT molecular complexity index is 665. The number of hydrogen-bond acceptors (Lipinski definition) is 5. The number of carbonyl (C=O) groups is 2. The SMILES string of the molecule is CCN(CC)C(=O)C1CCN(C(=O)c2ccc(OC)c(OC)c2OC)CC1. The maximum atomic E-state index is 13.0. The molecule has 150 valence electrons. The van der Waals surface area contributed by atoms with Crippen molar-refractivity contribution >= 4 is 11.8 Å². The van der Waals surface area contributed by atoms with Gasteiger partial charge in [0.1, 0.15) is 0 Å². The van der Waals surface area contributed by atoms with Crippen molar-refractivity contribution < 1.29 is 23.8 Å². The van der Waals surface area contributed by atoms with Gasteiger partial charge in [-0.1, -0.05) is 0 Å². The smallest absolute Gasteiger partial charge is 0.257 e. The van der Waals surface area contributed by atoms with Gasteiger partial charge in [-0.3, -0.25) is 9.59 Å². The number of carbonyl (C=O) groups excluding carboxylic acids is 2. The first kappa shape index (κ1) is 20.9. The fraction of sp³-hybridized carbons (Fsp3) is 0.600. The van der Waals surface area contributed by atoms with Crippen LogP contribution in [-0.4, -0.2) is 69.1 Å². The molecule has 1 aliphatic heterocycles. The molecule has 0 N–H and O–H groups in total. The molecule has 27 heavy (non-hydrogen) atoms. The van der Waals surface area contributed by atoms with Gasteiger partial charge in [-0.15, -0.1) is 0 Å². The molecule has 1 aliphatic rings. The van der Waals surface area contributed by atoms with E-state index < -0.39 is 0 Å². The van der Waals surface area contributed by atoms with Crippen molar-refractivity contribution in [2.24, 2.45) is 5.92 Å². The first-order valence-corrected chi connectivity index (χ1v) is 9.39. The zero-order chi connectivity index (χ0) is 20.0. The Labute approximate surface area is 161 Å². The summed E-state index contributed by atoms with van der Waals surface area (Å²) in [6.45, 7) is 6.52. The third-order valence-electron chi connectivity index (χ3n) is 5.14. The molecule has 0 unspecified atom stereocenters. The number of rotatable bonds is 7. The van der Waals surface area contributed by atoms with Gasteiger partial charge in [0, 0.05) is 32.1 Å². The molecule has 1 saturated heterocycles. The molecule has 0 aliphatic carbocycles. The fourth-order valence-corrected chi connectivity index (χ4v) is 3.56. The van der Waals surface area contributed by atoms with Gasteiger partial charge in [0.2, 0.25) is 11.7 Å². The van der Waals surface area contributed by atoms with E-state index in [2.05, 4.69) is 0 Å². The summed E-state index contributed by atoms with van der Waals surface area (Å²) in [5, 5.41) is 0. The van der Waals surface area contributed by atoms with Gasteiger partial charge in [-0.25, -0.2) is 0 Å². The average molecular weight is 378 g/mol. The topological polar surface area (TPSA) is 68.3 Å². The van der Waals surface area contributed by atoms with Crippen LogP contribution in [0.3, 0.4) is 0 Å². The minimum Gasteiger partial charge on any atom is -0.493 e. The molecule has 1 fully saturated rings. The van der Waals surface area contributed by atoms with Crippen molar-refractivity contribution in [3.63, 3.8) is 0 Å². The maximum Gasteiger partial charge on any atom is 0.257 e. The lowest BCUT2D eigenvalue weighted by atomic mass is 9.94. The van der Waals surface area contributed by atoms with E-state index in [-0.39, 0.29) is 17.7 Å². The molecule has 0 saturated carbocycles. The highest BCUT2D eigenvalue weighted by atomic mass is 16.5. The number of methoxy groups -OCH3 is 3. The summed E-state index contributed by atoms with van der Waals surface area (Å²) in [4.78, 5) is 29.2. The Balaban J connectivity index is 2.13. The van der Waals surface area contributed by atoms with Crippen LogP contribution in [0.5, 0.6) is 17.2 Å². The minimum atomic E-state index is -0.124. The average Bonchev–Trinajstić information content (AvgIpc) is 2.72. The molecular weight excluding hydrogens is 348 g/mol. The second-order valence-electron chi connectivity index (χ2n) is 6.46. The van der Waals surface area contributed by atoms with Crippen LogP contribution in [0, 0.1) is 5.92 Å². The van der Waals surface area contributed by atoms with Crippen LogP contribution in [0.2, 0.25) is 0 Å². The Morgan fingerprint density at radius 2 is 1.59 bits per heavy atom. The molecule has 0 spiro atoms. The molecule has 1 heterocycles. The summed E-state index contributed by atoms with van der Waals surface area (Å²) in [6, 6.07) is 3.39. The number of amides is 2. The zero-order valence-electron chi connectivity index (χ0n) is 16.9. The second kappa shape index (κ2) is 9.48. The molecule has 0 radical (unpaired) electrons. The van der Waals surface area contributed by atoms with E-state index in [1.165, 1.54) is 21.3 Å². The first-order valence-electron chi connectivity index (χ1n) is 9.39. The normalized spacial score (nSPS) is 14.6. The van der Waals surface area contributed by atoms with E-state index in [0.29, 0.717) is 48.7 Å². The summed E-state index contributed by atoms with van der Waals surface area (Å²) < 4.78 is 16.1. The van der Waals surface area contributed by atoms with Gasteiger partial charge in [-0.2, -0.15) is 0 Å². The van der Waals surface area contributed by atoms with Crippen molar-refractivity contribution in [3.05, 3.63) is 17.7 Å². The van der Waals surface area contributed by atoms with Crippen LogP contribution in [0.15, 0.2) is 12.1 Å². The fourth-order valence-electron chi connectivity index (χ4n) is 3.56. The van der Waals surface area contributed by atoms with Crippen LogP contribution in [0.1, 0.15) is 37.0 Å². The summed E-state index contributed by atoms with van der Waals surface area (Å²) in [7, 11) is 4.55. The van der Waals surface area contributed by atoms with Crippen molar-refractivity contribution in [2.75, 3.05) is 47.5 Å². The summed E-state index contributed by atoms with van der Waals surface area (Å²) in [6.07, 6.45) is 1.35. The number of piperidine rings is 1. The Kier molecular flexibility index (Phi) is 7.33. The van der Waals surface area contributed by atoms with Crippen molar-refractivity contribution in [3.8, 4) is 17.2 Å². The lowest BCUT2D eigenvalue weighted by Crippen LogP contribution is -2.44. The van der Waals surface area contributed by atoms with Crippen molar-refractivity contribution in [1.29, 1.82) is 0 Å². The summed E-state index contributed by atoms with van der Waals surface area (Å²) in [5.74, 6) is 1.33. The quantitative estimate of drug-likeness (QED) is 0.729. The molecule has 7 nitrogen and oxygen atoms in total. The standard InChI is InChI=1S/C20H30N2O5/c1-6-21(7-2)19(23)14-10-12-22(13-11-14)20(24)15-8-9-16(25-3)18(27-5)17(15)26-4/h8-9,14H,6-7,10-13H2,1-5H3. The maximum absolute atomic E-state index is 13.0. The van der Waals surface area contributed by atoms with E-state index >= 15 is 0 Å². The number of ether oxygens (including phenoxy) is 3. The molecule has 2 rings (SSSR count). The lowest BCUT2D eigenvalue weighted by Gasteiger charge is -2.34. The minimum absolute atomic E-state index is 0.0127. The Morgan fingerprint density at radius 1 is 1.00 bits per heavy atom. The first-order chi connectivity index (χ1) is 13.0. The largest absolute Gasteiger partial charge is 0.493 e. The molecule has 1 aromatic carbocycles. The number of nitrogens with zero attached hydrogens (tertiary/aromatic N) is 2. The zero-order valence-corrected chi connectivity index (χ0v) is 16.9. The van der Waals surface area contributed by atoms with Crippen LogP contribution in [0.4, 0.5) is 0 Å². The summed E-state index contributed by atoms with van der Waals surface area (Å²) in [5.41, 5.74) is 0.434. The molecule has 7 heteroatoms. The van der Waals surface area contributed by atoms with E-state index in [4.69, 9.17) is 14.2 Å². The predicted octanol–water partition coefficient (Wildman–Crippen LogP) is 2.43. The van der Waals surface area contributed by atoms with E-state index in [1.807, 2.05) is 18.7 Å². The third-order valence-corrected chi connectivity index (χ3v) is 5.14. The van der Waals surface area contributed by atoms with Crippen LogP contribution >= 0.6 is 0 Å². The van der Waals surface area contributed by atoms with Gasteiger partial charge in [-0.05, 0) is 38.8 Å². The van der Waals surface area contributed by atoms with Gasteiger partial charge >= 0.3 is 0 Å². The second-order valence-corrected chi connectivity index (χ2v) is 6.46. The van der Waals surface area contributed by atoms with Gasteiger partial charge < -0.3 is 24.0 Å². The van der Waals surface area contributed by atoms with Crippen LogP contribution < -0.4 is 14.2 Å². The number of benzene rings is 1. The molecular formula is C20H30N2O5. The van der Waals surface area contributed by atoms with Gasteiger partial charge in [0.15, 0.2) is 11.5 Å². The van der Waals surface area contributed by atoms with E-state index in [1.54, 1.807) is 17.0 Å². The monoisotopic (exact) mass is 378 g/mol. The molecule has 0 bridgehead atoms. The van der Waals surface area contributed by atoms with Crippen LogP contribution in [0.25, 0.3) is 0 Å². The predicted molar refractivity (Wildman–Crippen MR) is 103 cm³/mol. The highest BCUT2D eigenvalue weighted by molar-refractivity contribution is 5.98. The number of hydrogen-bond donors (Lipinski definition) is 0. The van der Waals surface area contributed by atoms with Gasteiger partial charge in [0.25, 0.3) is 5.91 Å². The highest BCUT2D eigenvalue weighted by Gasteiger charge is 2.31. The molecule has 2 amide bonds. The van der Waals surface area contributed by atoms with Crippen molar-refractivity contribution in [1.82, 2.24) is 9.80 Å². The Morgan fingerprint density at radius 3 is 2.07 bits per heavy atom. The third kappa shape index (κ3) is 4.28. The molecule has 0 aromatic heterocycles. The summed E-state index contributed by atoms with van der Waals surface area (Å²) >= 11 is 0. The van der Waals surface area contributed by atoms with E-state index in [9.17, 15) is 9.59 Å². The van der Waals surface area contributed by atoms with Crippen LogP contribution in [-0.2, 0) is 4.79 Å². The molecule has 1 aromatic rings. The molecule has 0 atom stereocenters.